The number of H-pyrrole nitrogens is 1. The third-order valence-electron chi connectivity index (χ3n) is 4.45. The zero-order valence-electron chi connectivity index (χ0n) is 16.1. The number of aromatic amines is 1. The van der Waals surface area contributed by atoms with Gasteiger partial charge in [0, 0.05) is 36.4 Å². The Morgan fingerprint density at radius 1 is 1.10 bits per heavy atom. The number of rotatable bonds is 7. The summed E-state index contributed by atoms with van der Waals surface area (Å²) in [6.45, 7) is 2.46. The number of pyridine rings is 1. The lowest BCUT2D eigenvalue weighted by atomic mass is 10.0. The monoisotopic (exact) mass is 400 g/mol. The zero-order valence-corrected chi connectivity index (χ0v) is 16.1. The fourth-order valence-electron chi connectivity index (χ4n) is 2.87. The molecule has 2 N–H and O–H groups in total. The maximum atomic E-state index is 10.7. The third kappa shape index (κ3) is 4.30. The molecule has 0 aliphatic rings. The van der Waals surface area contributed by atoms with Crippen LogP contribution in [0.5, 0.6) is 0 Å². The van der Waals surface area contributed by atoms with Crippen molar-refractivity contribution in [1.29, 1.82) is 0 Å². The minimum Gasteiger partial charge on any atom is -0.369 e. The lowest BCUT2D eigenvalue weighted by Crippen LogP contribution is -2.07. The van der Waals surface area contributed by atoms with Crippen LogP contribution in [0.3, 0.4) is 0 Å². The Balaban J connectivity index is 1.53. The first-order chi connectivity index (χ1) is 14.6. The molecule has 0 aliphatic heterocycles. The molecule has 4 rings (SSSR count). The molecule has 0 amide bonds. The lowest BCUT2D eigenvalue weighted by molar-refractivity contribution is -0.385. The van der Waals surface area contributed by atoms with E-state index >= 15 is 0 Å². The van der Waals surface area contributed by atoms with Gasteiger partial charge in [-0.05, 0) is 13.0 Å². The van der Waals surface area contributed by atoms with E-state index in [1.807, 2.05) is 37.6 Å². The highest BCUT2D eigenvalue weighted by atomic mass is 16.6. The van der Waals surface area contributed by atoms with Crippen LogP contribution in [0.2, 0.25) is 0 Å². The molecule has 3 aromatic heterocycles. The molecule has 0 fully saturated rings. The minimum atomic E-state index is -0.482. The predicted octanol–water partition coefficient (Wildman–Crippen LogP) is 3.81. The fourth-order valence-corrected chi connectivity index (χ4v) is 2.87. The van der Waals surface area contributed by atoms with Gasteiger partial charge in [0.2, 0.25) is 0 Å². The molecule has 1 radical (unpaired) electrons. The number of nitro groups is 1. The SMILES string of the molecule is Cc1ccc(-c2nc([CH]CNc3ccc([N+](=O)[O-])cn3)ncc2-c2cnc[nH]2)cc1. The van der Waals surface area contributed by atoms with E-state index in [4.69, 9.17) is 4.98 Å². The van der Waals surface area contributed by atoms with E-state index in [9.17, 15) is 10.1 Å². The maximum Gasteiger partial charge on any atom is 0.287 e. The molecule has 0 atom stereocenters. The summed E-state index contributed by atoms with van der Waals surface area (Å²) in [4.78, 5) is 30.6. The van der Waals surface area contributed by atoms with Crippen LogP contribution >= 0.6 is 0 Å². The molecule has 0 saturated heterocycles. The van der Waals surface area contributed by atoms with Crippen molar-refractivity contribution in [2.75, 3.05) is 11.9 Å². The molecule has 0 unspecified atom stereocenters. The number of nitrogens with one attached hydrogen (secondary N) is 2. The second kappa shape index (κ2) is 8.48. The zero-order chi connectivity index (χ0) is 20.9. The van der Waals surface area contributed by atoms with Gasteiger partial charge in [0.25, 0.3) is 5.69 Å². The lowest BCUT2D eigenvalue weighted by Gasteiger charge is -2.10. The number of benzene rings is 1. The van der Waals surface area contributed by atoms with E-state index in [0.717, 1.165) is 22.5 Å². The topological polar surface area (TPSA) is 123 Å². The molecular formula is C21H18N7O2. The first kappa shape index (κ1) is 19.2. The molecule has 0 saturated carbocycles. The van der Waals surface area contributed by atoms with Crippen LogP contribution in [0.25, 0.3) is 22.5 Å². The molecule has 9 heteroatoms. The van der Waals surface area contributed by atoms with Gasteiger partial charge in [0.05, 0.1) is 28.8 Å². The summed E-state index contributed by atoms with van der Waals surface area (Å²) in [5.41, 5.74) is 4.59. The Morgan fingerprint density at radius 2 is 1.93 bits per heavy atom. The molecule has 4 aromatic rings. The van der Waals surface area contributed by atoms with Gasteiger partial charge in [-0.3, -0.25) is 10.1 Å². The summed E-state index contributed by atoms with van der Waals surface area (Å²) in [7, 11) is 0. The second-order valence-corrected chi connectivity index (χ2v) is 6.57. The highest BCUT2D eigenvalue weighted by Crippen LogP contribution is 2.29. The molecule has 0 spiro atoms. The van der Waals surface area contributed by atoms with Gasteiger partial charge in [-0.25, -0.2) is 19.9 Å². The smallest absolute Gasteiger partial charge is 0.287 e. The molecule has 149 valence electrons. The highest BCUT2D eigenvalue weighted by Gasteiger charge is 2.13. The Hall–Kier alpha value is -4.14. The minimum absolute atomic E-state index is 0.0509. The second-order valence-electron chi connectivity index (χ2n) is 6.57. The number of aromatic nitrogens is 5. The summed E-state index contributed by atoms with van der Waals surface area (Å²) in [6, 6.07) is 11.1. The molecule has 30 heavy (non-hydrogen) atoms. The number of anilines is 1. The van der Waals surface area contributed by atoms with Crippen LogP contribution in [-0.2, 0) is 0 Å². The van der Waals surface area contributed by atoms with Gasteiger partial charge in [-0.15, -0.1) is 0 Å². The summed E-state index contributed by atoms with van der Waals surface area (Å²) in [5, 5.41) is 13.8. The maximum absolute atomic E-state index is 10.7. The first-order valence-corrected chi connectivity index (χ1v) is 9.20. The van der Waals surface area contributed by atoms with Crippen LogP contribution in [0.4, 0.5) is 11.5 Å². The van der Waals surface area contributed by atoms with Crippen LogP contribution < -0.4 is 5.32 Å². The fraction of sp³-hybridized carbons (Fsp3) is 0.0952. The van der Waals surface area contributed by atoms with Crippen LogP contribution in [0.1, 0.15) is 11.4 Å². The van der Waals surface area contributed by atoms with E-state index in [-0.39, 0.29) is 5.69 Å². The van der Waals surface area contributed by atoms with Gasteiger partial charge < -0.3 is 10.3 Å². The molecular weight excluding hydrogens is 382 g/mol. The van der Waals surface area contributed by atoms with Crippen molar-refractivity contribution >= 4 is 11.5 Å². The summed E-state index contributed by atoms with van der Waals surface area (Å²) < 4.78 is 0. The van der Waals surface area contributed by atoms with Gasteiger partial charge >= 0.3 is 0 Å². The van der Waals surface area contributed by atoms with Crippen LogP contribution in [-0.4, -0.2) is 36.4 Å². The normalized spacial score (nSPS) is 10.7. The van der Waals surface area contributed by atoms with Gasteiger partial charge in [0.1, 0.15) is 17.8 Å². The number of hydrogen-bond acceptors (Lipinski definition) is 7. The number of hydrogen-bond donors (Lipinski definition) is 2. The first-order valence-electron chi connectivity index (χ1n) is 9.20. The number of imidazole rings is 1. The molecule has 0 aliphatic carbocycles. The Morgan fingerprint density at radius 3 is 2.60 bits per heavy atom. The van der Waals surface area contributed by atoms with Gasteiger partial charge in [-0.2, -0.15) is 0 Å². The molecule has 1 aromatic carbocycles. The van der Waals surface area contributed by atoms with Crippen molar-refractivity contribution in [3.8, 4) is 22.5 Å². The Labute approximate surface area is 172 Å². The standard InChI is InChI=1S/C21H18N7O2/c1-14-2-4-15(5-3-14)21-17(18-12-22-13-26-18)11-25-20(27-21)8-9-23-19-7-6-16(10-24-19)28(29)30/h2-8,10-13H,9H2,1H3,(H,22,26)(H,23,24). The summed E-state index contributed by atoms with van der Waals surface area (Å²) in [6.07, 6.45) is 8.17. The van der Waals surface area contributed by atoms with Gasteiger partial charge in [-0.1, -0.05) is 29.8 Å². The quantitative estimate of drug-likeness (QED) is 0.357. The summed E-state index contributed by atoms with van der Waals surface area (Å²) in [5.74, 6) is 1.09. The van der Waals surface area contributed by atoms with Gasteiger partial charge in [0.15, 0.2) is 0 Å². The third-order valence-corrected chi connectivity index (χ3v) is 4.45. The van der Waals surface area contributed by atoms with Crippen molar-refractivity contribution < 1.29 is 4.92 Å². The molecule has 0 bridgehead atoms. The van der Waals surface area contributed by atoms with Crippen LogP contribution in [0, 0.1) is 23.5 Å². The van der Waals surface area contributed by atoms with Crippen molar-refractivity contribution in [3.63, 3.8) is 0 Å². The Bertz CT molecular complexity index is 1140. The van der Waals surface area contributed by atoms with Crippen molar-refractivity contribution in [1.82, 2.24) is 24.9 Å². The van der Waals surface area contributed by atoms with Crippen molar-refractivity contribution in [2.45, 2.75) is 6.92 Å². The molecule has 3 heterocycles. The average Bonchev–Trinajstić information content (AvgIpc) is 3.29. The number of aryl methyl sites for hydroxylation is 1. The van der Waals surface area contributed by atoms with Crippen molar-refractivity contribution in [2.24, 2.45) is 0 Å². The summed E-state index contributed by atoms with van der Waals surface area (Å²) >= 11 is 0. The van der Waals surface area contributed by atoms with Crippen LogP contribution in [0.15, 0.2) is 61.3 Å². The average molecular weight is 400 g/mol. The van der Waals surface area contributed by atoms with E-state index in [2.05, 4.69) is 25.3 Å². The highest BCUT2D eigenvalue weighted by molar-refractivity contribution is 5.78. The molecule has 9 nitrogen and oxygen atoms in total. The number of nitrogens with zero attached hydrogens (tertiary/aromatic N) is 5. The largest absolute Gasteiger partial charge is 0.369 e. The Kier molecular flexibility index (Phi) is 5.42. The van der Waals surface area contributed by atoms with E-state index in [1.54, 1.807) is 24.8 Å². The van der Waals surface area contributed by atoms with E-state index < -0.39 is 4.92 Å². The van der Waals surface area contributed by atoms with Crippen molar-refractivity contribution in [3.05, 3.63) is 89.2 Å². The van der Waals surface area contributed by atoms with E-state index in [0.29, 0.717) is 18.2 Å². The predicted molar refractivity (Wildman–Crippen MR) is 113 cm³/mol. The van der Waals surface area contributed by atoms with E-state index in [1.165, 1.54) is 17.8 Å².